The predicted molar refractivity (Wildman–Crippen MR) is 83.1 cm³/mol. The Morgan fingerprint density at radius 1 is 1.40 bits per heavy atom. The summed E-state index contributed by atoms with van der Waals surface area (Å²) >= 11 is 0. The Kier molecular flexibility index (Phi) is 6.24. The lowest BCUT2D eigenvalue weighted by molar-refractivity contribution is -0.274. The van der Waals surface area contributed by atoms with E-state index in [-0.39, 0.29) is 30.5 Å². The Morgan fingerprint density at radius 2 is 2.16 bits per heavy atom. The van der Waals surface area contributed by atoms with Gasteiger partial charge in [0.05, 0.1) is 6.61 Å². The van der Waals surface area contributed by atoms with E-state index in [1.807, 2.05) is 6.92 Å². The molecule has 25 heavy (non-hydrogen) atoms. The minimum atomic E-state index is -4.80. The van der Waals surface area contributed by atoms with E-state index in [9.17, 15) is 22.8 Å². The number of nitrogens with one attached hydrogen (secondary N) is 1. The van der Waals surface area contributed by atoms with Crippen LogP contribution in [0.5, 0.6) is 5.75 Å². The third kappa shape index (κ3) is 5.63. The SMILES string of the molecule is CCOCCC(=O)NC1CCN(c2cccc(OC(F)(F)F)c2)C1=O. The van der Waals surface area contributed by atoms with E-state index in [1.54, 1.807) is 0 Å². The van der Waals surface area contributed by atoms with Gasteiger partial charge in [-0.15, -0.1) is 13.2 Å². The van der Waals surface area contributed by atoms with Crippen molar-refractivity contribution >= 4 is 17.5 Å². The fourth-order valence-corrected chi connectivity index (χ4v) is 2.49. The average Bonchev–Trinajstić information content (AvgIpc) is 2.87. The first-order valence-electron chi connectivity index (χ1n) is 7.84. The van der Waals surface area contributed by atoms with E-state index in [2.05, 4.69) is 10.1 Å². The molecule has 0 aliphatic carbocycles. The molecule has 138 valence electrons. The summed E-state index contributed by atoms with van der Waals surface area (Å²) < 4.78 is 45.8. The number of carbonyl (C=O) groups is 2. The third-order valence-corrected chi connectivity index (χ3v) is 3.58. The number of nitrogens with zero attached hydrogens (tertiary/aromatic N) is 1. The topological polar surface area (TPSA) is 67.9 Å². The molecule has 0 spiro atoms. The van der Waals surface area contributed by atoms with Crippen molar-refractivity contribution in [2.45, 2.75) is 32.2 Å². The largest absolute Gasteiger partial charge is 0.573 e. The van der Waals surface area contributed by atoms with Gasteiger partial charge in [0.2, 0.25) is 11.8 Å². The lowest BCUT2D eigenvalue weighted by Gasteiger charge is -2.18. The van der Waals surface area contributed by atoms with Gasteiger partial charge in [0, 0.05) is 31.3 Å². The smallest absolute Gasteiger partial charge is 0.406 e. The molecule has 1 aliphatic rings. The molecule has 6 nitrogen and oxygen atoms in total. The molecule has 1 N–H and O–H groups in total. The molecule has 0 bridgehead atoms. The van der Waals surface area contributed by atoms with E-state index < -0.39 is 18.2 Å². The summed E-state index contributed by atoms with van der Waals surface area (Å²) in [5, 5.41) is 2.62. The molecular formula is C16H19F3N2O4. The number of benzene rings is 1. The van der Waals surface area contributed by atoms with Crippen LogP contribution < -0.4 is 15.0 Å². The summed E-state index contributed by atoms with van der Waals surface area (Å²) in [7, 11) is 0. The van der Waals surface area contributed by atoms with Crippen LogP contribution >= 0.6 is 0 Å². The normalized spacial score (nSPS) is 17.7. The highest BCUT2D eigenvalue weighted by molar-refractivity contribution is 6.01. The molecule has 1 atom stereocenters. The Balaban J connectivity index is 1.97. The van der Waals surface area contributed by atoms with Crippen molar-refractivity contribution in [1.29, 1.82) is 0 Å². The van der Waals surface area contributed by atoms with Crippen LogP contribution in [0.15, 0.2) is 24.3 Å². The van der Waals surface area contributed by atoms with Crippen molar-refractivity contribution in [2.75, 3.05) is 24.7 Å². The lowest BCUT2D eigenvalue weighted by Crippen LogP contribution is -2.41. The summed E-state index contributed by atoms with van der Waals surface area (Å²) in [6.07, 6.45) is -4.28. The fraction of sp³-hybridized carbons (Fsp3) is 0.500. The van der Waals surface area contributed by atoms with Gasteiger partial charge in [-0.25, -0.2) is 0 Å². The molecule has 1 aromatic rings. The van der Waals surface area contributed by atoms with Crippen LogP contribution in [0.25, 0.3) is 0 Å². The maximum absolute atomic E-state index is 12.4. The van der Waals surface area contributed by atoms with Crippen LogP contribution in [-0.2, 0) is 14.3 Å². The first-order chi connectivity index (χ1) is 11.8. The quantitative estimate of drug-likeness (QED) is 0.758. The van der Waals surface area contributed by atoms with Crippen LogP contribution in [0.3, 0.4) is 0 Å². The molecule has 2 amide bonds. The van der Waals surface area contributed by atoms with Crippen LogP contribution in [0.4, 0.5) is 18.9 Å². The third-order valence-electron chi connectivity index (χ3n) is 3.58. The monoisotopic (exact) mass is 360 g/mol. The number of anilines is 1. The number of ether oxygens (including phenoxy) is 2. The van der Waals surface area contributed by atoms with Crippen LogP contribution in [0.1, 0.15) is 19.8 Å². The zero-order valence-corrected chi connectivity index (χ0v) is 13.6. The molecule has 0 saturated carbocycles. The van der Waals surface area contributed by atoms with Gasteiger partial charge < -0.3 is 19.7 Å². The molecule has 0 radical (unpaired) electrons. The highest BCUT2D eigenvalue weighted by Crippen LogP contribution is 2.29. The van der Waals surface area contributed by atoms with Gasteiger partial charge in [0.25, 0.3) is 0 Å². The molecule has 0 aromatic heterocycles. The Bertz CT molecular complexity index is 622. The van der Waals surface area contributed by atoms with E-state index in [0.717, 1.165) is 12.1 Å². The second-order valence-electron chi connectivity index (χ2n) is 5.39. The van der Waals surface area contributed by atoms with Crippen molar-refractivity contribution in [3.8, 4) is 5.75 Å². The van der Waals surface area contributed by atoms with Gasteiger partial charge in [-0.05, 0) is 25.5 Å². The van der Waals surface area contributed by atoms with Gasteiger partial charge in [0.1, 0.15) is 11.8 Å². The van der Waals surface area contributed by atoms with E-state index in [4.69, 9.17) is 4.74 Å². The van der Waals surface area contributed by atoms with Crippen LogP contribution in [-0.4, -0.2) is 44.0 Å². The van der Waals surface area contributed by atoms with Gasteiger partial charge >= 0.3 is 6.36 Å². The minimum absolute atomic E-state index is 0.145. The number of alkyl halides is 3. The number of rotatable bonds is 7. The second-order valence-corrected chi connectivity index (χ2v) is 5.39. The molecule has 1 fully saturated rings. The summed E-state index contributed by atoms with van der Waals surface area (Å²) in [6.45, 7) is 2.88. The van der Waals surface area contributed by atoms with Gasteiger partial charge in [-0.1, -0.05) is 6.07 Å². The lowest BCUT2D eigenvalue weighted by atomic mass is 10.2. The Labute approximate surface area is 142 Å². The standard InChI is InChI=1S/C16H19F3N2O4/c1-2-24-9-7-14(22)20-13-6-8-21(15(13)23)11-4-3-5-12(10-11)25-16(17,18)19/h3-5,10,13H,2,6-9H2,1H3,(H,20,22). The number of halogens is 3. The highest BCUT2D eigenvalue weighted by atomic mass is 19.4. The van der Waals surface area contributed by atoms with Crippen LogP contribution in [0.2, 0.25) is 0 Å². The number of hydrogen-bond acceptors (Lipinski definition) is 4. The Hall–Kier alpha value is -2.29. The van der Waals surface area contributed by atoms with E-state index in [1.165, 1.54) is 17.0 Å². The van der Waals surface area contributed by atoms with Crippen molar-refractivity contribution in [1.82, 2.24) is 5.32 Å². The van der Waals surface area contributed by atoms with Gasteiger partial charge in [-0.3, -0.25) is 9.59 Å². The maximum atomic E-state index is 12.4. The van der Waals surface area contributed by atoms with Gasteiger partial charge in [0.15, 0.2) is 0 Å². The second kappa shape index (κ2) is 8.19. The molecule has 1 saturated heterocycles. The number of hydrogen-bond donors (Lipinski definition) is 1. The van der Waals surface area contributed by atoms with Crippen molar-refractivity contribution in [3.05, 3.63) is 24.3 Å². The molecule has 1 heterocycles. The molecule has 1 aliphatic heterocycles. The Morgan fingerprint density at radius 3 is 2.84 bits per heavy atom. The van der Waals surface area contributed by atoms with Crippen molar-refractivity contribution in [3.63, 3.8) is 0 Å². The minimum Gasteiger partial charge on any atom is -0.406 e. The molecule has 9 heteroatoms. The molecular weight excluding hydrogens is 341 g/mol. The fourth-order valence-electron chi connectivity index (χ4n) is 2.49. The number of amides is 2. The zero-order valence-electron chi connectivity index (χ0n) is 13.6. The predicted octanol–water partition coefficient (Wildman–Crippen LogP) is 2.23. The van der Waals surface area contributed by atoms with Crippen molar-refractivity contribution < 1.29 is 32.2 Å². The summed E-state index contributed by atoms with van der Waals surface area (Å²) in [6, 6.07) is 4.49. The van der Waals surface area contributed by atoms with Gasteiger partial charge in [-0.2, -0.15) is 0 Å². The summed E-state index contributed by atoms with van der Waals surface area (Å²) in [4.78, 5) is 25.5. The first-order valence-corrected chi connectivity index (χ1v) is 7.84. The summed E-state index contributed by atoms with van der Waals surface area (Å²) in [5.74, 6) is -1.07. The highest BCUT2D eigenvalue weighted by Gasteiger charge is 2.35. The average molecular weight is 360 g/mol. The maximum Gasteiger partial charge on any atom is 0.573 e. The van der Waals surface area contributed by atoms with E-state index in [0.29, 0.717) is 19.6 Å². The first kappa shape index (κ1) is 19.0. The summed E-state index contributed by atoms with van der Waals surface area (Å²) in [5.41, 5.74) is 0.290. The number of carbonyl (C=O) groups excluding carboxylic acids is 2. The molecule has 1 unspecified atom stereocenters. The zero-order chi connectivity index (χ0) is 18.4. The van der Waals surface area contributed by atoms with Crippen LogP contribution in [0, 0.1) is 0 Å². The van der Waals surface area contributed by atoms with Crippen molar-refractivity contribution in [2.24, 2.45) is 0 Å². The van der Waals surface area contributed by atoms with E-state index >= 15 is 0 Å². The molecule has 1 aromatic carbocycles. The molecule has 2 rings (SSSR count).